The largest absolute Gasteiger partial charge is 0.460 e. The van der Waals surface area contributed by atoms with Gasteiger partial charge in [0.2, 0.25) is 5.84 Å². The van der Waals surface area contributed by atoms with Crippen LogP contribution in [0.15, 0.2) is 29.4 Å². The number of hydrazone groups is 1. The number of nitrogens with one attached hydrogen (secondary N) is 1. The number of hydrogen-bond donors (Lipinski definition) is 1. The summed E-state index contributed by atoms with van der Waals surface area (Å²) in [6.07, 6.45) is 6.27. The molecule has 2 aliphatic rings. The van der Waals surface area contributed by atoms with E-state index in [1.165, 1.54) is 25.0 Å². The molecule has 31 heavy (non-hydrogen) atoms. The molecule has 2 fully saturated rings. The van der Waals surface area contributed by atoms with Gasteiger partial charge in [-0.3, -0.25) is 5.43 Å². The molecular formula is C23H32F3N3O2. The van der Waals surface area contributed by atoms with Gasteiger partial charge in [-0.1, -0.05) is 44.6 Å². The molecule has 0 atom stereocenters. The van der Waals surface area contributed by atoms with Crippen LogP contribution in [0.5, 0.6) is 0 Å². The Balaban J connectivity index is 1.91. The van der Waals surface area contributed by atoms with Crippen molar-refractivity contribution in [2.75, 3.05) is 12.0 Å². The molecule has 2 aliphatic carbocycles. The number of carbonyl (C=O) groups excluding carboxylic acids is 1. The fourth-order valence-corrected chi connectivity index (χ4v) is 4.65. The third kappa shape index (κ3) is 6.37. The Bertz CT molecular complexity index is 737. The number of anilines is 1. The maximum Gasteiger partial charge on any atom is 0.416 e. The smallest absolute Gasteiger partial charge is 0.416 e. The summed E-state index contributed by atoms with van der Waals surface area (Å²) >= 11 is 0. The van der Waals surface area contributed by atoms with Crippen LogP contribution in [-0.4, -0.2) is 35.4 Å². The number of carbonyl (C=O) groups is 1. The van der Waals surface area contributed by atoms with Crippen molar-refractivity contribution in [1.29, 1.82) is 0 Å². The van der Waals surface area contributed by atoms with Gasteiger partial charge in [0.15, 0.2) is 0 Å². The zero-order valence-corrected chi connectivity index (χ0v) is 18.1. The molecule has 5 nitrogen and oxygen atoms in total. The second kappa shape index (κ2) is 10.9. The number of benzene rings is 1. The number of halogens is 3. The van der Waals surface area contributed by atoms with Crippen LogP contribution in [0.1, 0.15) is 76.7 Å². The average Bonchev–Trinajstić information content (AvgIpc) is 2.77. The molecule has 0 aromatic heterocycles. The fraction of sp³-hybridized carbons (Fsp3) is 0.652. The second-order valence-corrected chi connectivity index (χ2v) is 8.34. The number of ether oxygens (including phenoxy) is 1. The number of rotatable bonds is 5. The first kappa shape index (κ1) is 23.4. The number of nitrogens with zero attached hydrogens (tertiary/aromatic N) is 2. The summed E-state index contributed by atoms with van der Waals surface area (Å²) in [6, 6.07) is 5.24. The summed E-state index contributed by atoms with van der Waals surface area (Å²) < 4.78 is 44.5. The van der Waals surface area contributed by atoms with Gasteiger partial charge >= 0.3 is 12.1 Å². The molecule has 1 N–H and O–H groups in total. The van der Waals surface area contributed by atoms with Crippen LogP contribution in [0, 0.1) is 0 Å². The molecule has 8 heteroatoms. The van der Waals surface area contributed by atoms with E-state index in [2.05, 4.69) is 15.4 Å². The van der Waals surface area contributed by atoms with E-state index in [9.17, 15) is 18.0 Å². The molecule has 0 bridgehead atoms. The summed E-state index contributed by atoms with van der Waals surface area (Å²) in [5.74, 6) is -0.351. The van der Waals surface area contributed by atoms with E-state index in [-0.39, 0.29) is 30.2 Å². The topological polar surface area (TPSA) is 53.9 Å². The van der Waals surface area contributed by atoms with Crippen molar-refractivity contribution >= 4 is 17.5 Å². The summed E-state index contributed by atoms with van der Waals surface area (Å²) in [4.78, 5) is 15.0. The van der Waals surface area contributed by atoms with Crippen molar-refractivity contribution in [3.05, 3.63) is 29.8 Å². The van der Waals surface area contributed by atoms with Gasteiger partial charge in [-0.15, -0.1) is 5.10 Å². The van der Waals surface area contributed by atoms with Crippen molar-refractivity contribution in [3.63, 3.8) is 0 Å². The highest BCUT2D eigenvalue weighted by atomic mass is 19.4. The molecule has 172 valence electrons. The third-order valence-corrected chi connectivity index (χ3v) is 6.12. The molecule has 0 saturated heterocycles. The molecule has 0 amide bonds. The van der Waals surface area contributed by atoms with Crippen LogP contribution in [-0.2, 0) is 15.7 Å². The Morgan fingerprint density at radius 3 is 2.16 bits per heavy atom. The molecule has 3 rings (SSSR count). The van der Waals surface area contributed by atoms with Crippen molar-refractivity contribution in [1.82, 2.24) is 4.90 Å². The zero-order valence-electron chi connectivity index (χ0n) is 18.1. The fourth-order valence-electron chi connectivity index (χ4n) is 4.65. The highest BCUT2D eigenvalue weighted by molar-refractivity contribution is 6.35. The van der Waals surface area contributed by atoms with E-state index >= 15 is 0 Å². The predicted molar refractivity (Wildman–Crippen MR) is 115 cm³/mol. The lowest BCUT2D eigenvalue weighted by molar-refractivity contribution is -0.138. The van der Waals surface area contributed by atoms with E-state index in [0.29, 0.717) is 0 Å². The monoisotopic (exact) mass is 439 g/mol. The molecule has 0 aliphatic heterocycles. The minimum absolute atomic E-state index is 0.179. The van der Waals surface area contributed by atoms with E-state index in [1.807, 2.05) is 0 Å². The maximum atomic E-state index is 13.1. The van der Waals surface area contributed by atoms with Gasteiger partial charge in [-0.05, 0) is 50.8 Å². The lowest BCUT2D eigenvalue weighted by Crippen LogP contribution is -2.52. The minimum atomic E-state index is -4.44. The Hall–Kier alpha value is -2.25. The van der Waals surface area contributed by atoms with Gasteiger partial charge in [-0.2, -0.15) is 13.2 Å². The van der Waals surface area contributed by atoms with Crippen LogP contribution in [0.4, 0.5) is 18.9 Å². The highest BCUT2D eigenvalue weighted by Crippen LogP contribution is 2.32. The van der Waals surface area contributed by atoms with E-state index in [1.54, 1.807) is 6.92 Å². The molecule has 0 spiro atoms. The quantitative estimate of drug-likeness (QED) is 0.266. The number of amidine groups is 1. The van der Waals surface area contributed by atoms with Gasteiger partial charge in [0.25, 0.3) is 0 Å². The zero-order chi connectivity index (χ0) is 22.3. The van der Waals surface area contributed by atoms with Crippen LogP contribution in [0.2, 0.25) is 0 Å². The van der Waals surface area contributed by atoms with E-state index in [4.69, 9.17) is 4.74 Å². The third-order valence-electron chi connectivity index (χ3n) is 6.12. The maximum absolute atomic E-state index is 13.1. The van der Waals surface area contributed by atoms with Gasteiger partial charge in [0.05, 0.1) is 17.9 Å². The molecule has 2 saturated carbocycles. The van der Waals surface area contributed by atoms with Crippen molar-refractivity contribution in [2.45, 2.75) is 89.4 Å². The lowest BCUT2D eigenvalue weighted by Gasteiger charge is -2.42. The second-order valence-electron chi connectivity index (χ2n) is 8.34. The number of esters is 1. The molecule has 0 unspecified atom stereocenters. The molecule has 1 aromatic carbocycles. The Labute approximate surface area is 182 Å². The van der Waals surface area contributed by atoms with Crippen LogP contribution < -0.4 is 5.43 Å². The Morgan fingerprint density at radius 1 is 1.06 bits per heavy atom. The minimum Gasteiger partial charge on any atom is -0.460 e. The highest BCUT2D eigenvalue weighted by Gasteiger charge is 2.35. The standard InChI is InChI=1S/C23H32F3N3O2/c1-2-31-22(30)21(28-27-18-11-9-10-17(16-18)23(24,25)26)29(19-12-5-3-6-13-19)20-14-7-4-8-15-20/h9-11,16,19-20,27H,2-8,12-15H2,1H3/b28-21+. The SMILES string of the molecule is CCOC(=O)/C(=N\Nc1cccc(C(F)(F)F)c1)N(C1CCCCC1)C1CCCCC1. The van der Waals surface area contributed by atoms with E-state index < -0.39 is 17.7 Å². The van der Waals surface area contributed by atoms with Crippen molar-refractivity contribution in [2.24, 2.45) is 5.10 Å². The van der Waals surface area contributed by atoms with Gasteiger partial charge in [-0.25, -0.2) is 4.79 Å². The summed E-state index contributed by atoms with van der Waals surface area (Å²) in [5, 5.41) is 4.34. The molecule has 0 radical (unpaired) electrons. The first-order valence-electron chi connectivity index (χ1n) is 11.4. The summed E-state index contributed by atoms with van der Waals surface area (Å²) in [5.41, 5.74) is 2.12. The molecular weight excluding hydrogens is 407 g/mol. The first-order chi connectivity index (χ1) is 14.9. The summed E-state index contributed by atoms with van der Waals surface area (Å²) in [6.45, 7) is 1.95. The average molecular weight is 440 g/mol. The van der Waals surface area contributed by atoms with Crippen LogP contribution in [0.25, 0.3) is 0 Å². The summed E-state index contributed by atoms with van der Waals surface area (Å²) in [7, 11) is 0. The lowest BCUT2D eigenvalue weighted by atomic mass is 9.88. The number of alkyl halides is 3. The van der Waals surface area contributed by atoms with Crippen LogP contribution in [0.3, 0.4) is 0 Å². The normalized spacial score (nSPS) is 19.2. The predicted octanol–water partition coefficient (Wildman–Crippen LogP) is 5.96. The Morgan fingerprint density at radius 2 is 1.65 bits per heavy atom. The molecule has 1 aromatic rings. The van der Waals surface area contributed by atoms with Crippen molar-refractivity contribution < 1.29 is 22.7 Å². The first-order valence-corrected chi connectivity index (χ1v) is 11.4. The Kier molecular flexibility index (Phi) is 8.21. The van der Waals surface area contributed by atoms with E-state index in [0.717, 1.165) is 63.5 Å². The van der Waals surface area contributed by atoms with Gasteiger partial charge in [0.1, 0.15) is 0 Å². The van der Waals surface area contributed by atoms with Gasteiger partial charge in [0, 0.05) is 12.1 Å². The van der Waals surface area contributed by atoms with Crippen molar-refractivity contribution in [3.8, 4) is 0 Å². The van der Waals surface area contributed by atoms with Crippen LogP contribution >= 0.6 is 0 Å². The number of hydrogen-bond acceptors (Lipinski definition) is 4. The van der Waals surface area contributed by atoms with Gasteiger partial charge < -0.3 is 9.64 Å². The molecule has 0 heterocycles.